The van der Waals surface area contributed by atoms with Gasteiger partial charge in [0.2, 0.25) is 0 Å². The van der Waals surface area contributed by atoms with E-state index in [-0.39, 0.29) is 59.2 Å². The van der Waals surface area contributed by atoms with Gasteiger partial charge in [-0.2, -0.15) is 0 Å². The Kier molecular flexibility index (Phi) is 1210. The molecule has 0 aromatic carbocycles. The molecule has 0 aromatic rings. The third-order valence-corrected chi connectivity index (χ3v) is 0. The van der Waals surface area contributed by atoms with Gasteiger partial charge >= 0.3 is 0 Å². The topological polar surface area (TPSA) is 0 Å². The van der Waals surface area contributed by atoms with E-state index in [1.807, 2.05) is 0 Å². The lowest BCUT2D eigenvalue weighted by Gasteiger charge is -0.148. The second-order valence-corrected chi connectivity index (χ2v) is 0. The Morgan fingerprint density at radius 2 is 0.400 bits per heavy atom. The molecule has 0 saturated carbocycles. The van der Waals surface area contributed by atoms with Crippen LogP contribution >= 0.6 is 37.2 Å². The van der Waals surface area contributed by atoms with Crippen LogP contribution in [-0.2, 0) is 0 Å². The average Bonchev–Trinajstić information content (AvgIpc) is 0. The lowest BCUT2D eigenvalue weighted by atomic mass is 28.1. The Bertz CT molecular complexity index is 4.85. The van der Waals surface area contributed by atoms with Crippen LogP contribution in [-0.4, -0.2) is 21.9 Å². The lowest BCUT2D eigenvalue weighted by molar-refractivity contribution is 5.75. The molecule has 0 spiro atoms. The van der Waals surface area contributed by atoms with Crippen molar-refractivity contribution in [2.75, 3.05) is 0 Å². The minimum Gasteiger partial charge on any atom is -0.147 e. The lowest BCUT2D eigenvalue weighted by Crippen LogP contribution is -0.382. The highest BCUT2D eigenvalue weighted by molar-refractivity contribution is 5.86. The maximum Gasteiger partial charge on any atom is -0.0149 e. The summed E-state index contributed by atoms with van der Waals surface area (Å²) in [5, 5.41) is 0. The average molecular weight is 174 g/mol. The Hall–Kier alpha value is 1.30. The molecule has 0 amide bonds. The first-order valence-corrected chi connectivity index (χ1v) is 0. The van der Waals surface area contributed by atoms with Crippen molar-refractivity contribution in [1.82, 2.24) is 0 Å². The molecule has 0 aromatic heterocycles. The second kappa shape index (κ2) is 57.8. The molecular weight excluding hydrogens is 163 g/mol. The Morgan fingerprint density at radius 3 is 0.400 bits per heavy atom. The first-order valence-electron chi connectivity index (χ1n) is 0. The van der Waals surface area contributed by atoms with E-state index in [1.165, 1.54) is 0 Å². The maximum atomic E-state index is 0. The van der Waals surface area contributed by atoms with Gasteiger partial charge in [-0.15, -0.1) is 37.2 Å². The molecule has 0 N–H and O–H groups in total. The largest absolute Gasteiger partial charge is 0.147 e. The van der Waals surface area contributed by atoms with Gasteiger partial charge in [-0.25, -0.2) is 0 Å². The molecule has 0 fully saturated rings. The minimum absolute atomic E-state index is 0. The van der Waals surface area contributed by atoms with Crippen molar-refractivity contribution < 1.29 is 0 Å². The predicted octanol–water partition coefficient (Wildman–Crippen LogP) is -1.64. The zero-order chi connectivity index (χ0) is 0. The first kappa shape index (κ1) is 104. The summed E-state index contributed by atoms with van der Waals surface area (Å²) < 4.78 is 0. The van der Waals surface area contributed by atoms with Crippen LogP contribution in [0, 0.1) is 0 Å². The number of rotatable bonds is 0. The molecule has 0 saturated heterocycles. The van der Waals surface area contributed by atoms with Crippen molar-refractivity contribution in [2.24, 2.45) is 0 Å². The fourth-order valence-electron chi connectivity index (χ4n) is 0. The van der Waals surface area contributed by atoms with Crippen LogP contribution in [0.4, 0.5) is 0 Å². The zero-order valence-corrected chi connectivity index (χ0v) is 3.67. The summed E-state index contributed by atoms with van der Waals surface area (Å²) >= 11 is 0. The van der Waals surface area contributed by atoms with Crippen LogP contribution in [0.1, 0.15) is 0 Å². The van der Waals surface area contributed by atoms with E-state index in [2.05, 4.69) is 0 Å². The van der Waals surface area contributed by atoms with E-state index in [9.17, 15) is 0 Å². The third kappa shape index (κ3) is 34.1. The van der Waals surface area contributed by atoms with E-state index >= 15 is 0 Å². The number of halogens is 3. The Labute approximate surface area is 59.4 Å². The van der Waals surface area contributed by atoms with E-state index in [0.717, 1.165) is 0 Å². The van der Waals surface area contributed by atoms with Gasteiger partial charge in [0.15, 0.2) is 0 Å². The molecule has 0 aliphatic heterocycles. The van der Waals surface area contributed by atoms with Crippen LogP contribution in [0.5, 0.6) is 0 Å². The highest BCUT2D eigenvalue weighted by atomic mass is 35.5. The SMILES string of the molecule is Cl.Cl.Cl.[SiH4].[SiH4]. The van der Waals surface area contributed by atoms with Gasteiger partial charge in [0.05, 0.1) is 0 Å². The molecule has 0 radical (unpaired) electrons. The molecule has 0 heterocycles. The van der Waals surface area contributed by atoms with Crippen molar-refractivity contribution in [3.05, 3.63) is 0 Å². The predicted molar refractivity (Wildman–Crippen MR) is 44.4 cm³/mol. The van der Waals surface area contributed by atoms with E-state index in [1.54, 1.807) is 0 Å². The molecule has 0 atom stereocenters. The third-order valence-electron chi connectivity index (χ3n) is 0. The summed E-state index contributed by atoms with van der Waals surface area (Å²) in [4.78, 5) is 0. The van der Waals surface area contributed by atoms with Gasteiger partial charge in [0, 0.05) is 0 Å². The fourth-order valence-corrected chi connectivity index (χ4v) is 0. The quantitative estimate of drug-likeness (QED) is 0.386. The summed E-state index contributed by atoms with van der Waals surface area (Å²) in [7, 11) is 0. The van der Waals surface area contributed by atoms with Crippen LogP contribution < -0.4 is 0 Å². The molecule has 0 nitrogen and oxygen atoms in total. The summed E-state index contributed by atoms with van der Waals surface area (Å²) in [6, 6.07) is 0. The molecule has 0 aliphatic carbocycles. The van der Waals surface area contributed by atoms with Gasteiger partial charge in [0.1, 0.15) is 0 Å². The van der Waals surface area contributed by atoms with Crippen molar-refractivity contribution in [3.8, 4) is 0 Å². The smallest absolute Gasteiger partial charge is 0.0149 e. The van der Waals surface area contributed by atoms with Crippen LogP contribution in [0.3, 0.4) is 0 Å². The highest BCUT2D eigenvalue weighted by Gasteiger charge is -0.0138. The molecule has 0 bridgehead atoms. The molecule has 0 unspecified atom stereocenters. The van der Waals surface area contributed by atoms with Gasteiger partial charge in [-0.1, -0.05) is 0 Å². The maximum absolute atomic E-state index is 0. The number of hydrogen-bond donors (Lipinski definition) is 0. The Morgan fingerprint density at radius 1 is 0.400 bits per heavy atom. The zero-order valence-electron chi connectivity index (χ0n) is 1.22. The Balaban J connectivity index is 0. The van der Waals surface area contributed by atoms with Crippen LogP contribution in [0.25, 0.3) is 0 Å². The van der Waals surface area contributed by atoms with Crippen molar-refractivity contribution >= 4 is 59.2 Å². The fraction of sp³-hybridized carbons (Fsp3) is 0. The normalized spacial score (nSPS) is 0. The van der Waals surface area contributed by atoms with Crippen molar-refractivity contribution in [3.63, 3.8) is 0 Å². The summed E-state index contributed by atoms with van der Waals surface area (Å²) in [5.41, 5.74) is 0. The molecule has 0 rings (SSSR count). The highest BCUT2D eigenvalue weighted by Crippen LogP contribution is 0.692. The number of hydrogen-bond acceptors (Lipinski definition) is 0. The van der Waals surface area contributed by atoms with Gasteiger partial charge in [-0.05, 0) is 21.9 Å². The van der Waals surface area contributed by atoms with Gasteiger partial charge in [0.25, 0.3) is 0 Å². The second-order valence-electron chi connectivity index (χ2n) is 0. The van der Waals surface area contributed by atoms with E-state index in [4.69, 9.17) is 0 Å². The van der Waals surface area contributed by atoms with Crippen LogP contribution in [0.15, 0.2) is 0 Å². The van der Waals surface area contributed by atoms with Crippen LogP contribution in [0.2, 0.25) is 0 Å². The minimum atomic E-state index is 0. The van der Waals surface area contributed by atoms with E-state index in [0.29, 0.717) is 0 Å². The summed E-state index contributed by atoms with van der Waals surface area (Å²) in [6.45, 7) is 0. The van der Waals surface area contributed by atoms with Crippen molar-refractivity contribution in [1.29, 1.82) is 0 Å². The molecule has 5 heteroatoms. The summed E-state index contributed by atoms with van der Waals surface area (Å²) in [5.74, 6) is 0. The van der Waals surface area contributed by atoms with Gasteiger partial charge in [-0.3, -0.25) is 0 Å². The van der Waals surface area contributed by atoms with E-state index < -0.39 is 0 Å². The van der Waals surface area contributed by atoms with Gasteiger partial charge < -0.3 is 0 Å². The molecule has 0 aliphatic rings. The first-order chi connectivity index (χ1) is 0. The van der Waals surface area contributed by atoms with Crippen molar-refractivity contribution in [2.45, 2.75) is 0 Å². The molecular formula is H11Cl3Si2. The standard InChI is InChI=1S/3ClH.2H4Si/h3*1H;2*1H4. The summed E-state index contributed by atoms with van der Waals surface area (Å²) in [6.07, 6.45) is 0. The molecule has 40 valence electrons. The monoisotopic (exact) mass is 172 g/mol. The molecule has 5 heavy (non-hydrogen) atoms.